The average molecular weight is 322 g/mol. The first-order valence-electron chi connectivity index (χ1n) is 6.87. The number of anilines is 3. The van der Waals surface area contributed by atoms with Gasteiger partial charge in [0.25, 0.3) is 0 Å². The minimum absolute atomic E-state index is 0.0314. The number of carbonyl (C=O) groups excluding carboxylic acids is 1. The number of nitrogens with one attached hydrogen (secondary N) is 2. The second-order valence-electron chi connectivity index (χ2n) is 5.25. The Kier molecular flexibility index (Phi) is 3.84. The molecule has 9 heteroatoms. The third-order valence-corrected chi connectivity index (χ3v) is 3.94. The lowest BCUT2D eigenvalue weighted by Crippen LogP contribution is -2.46. The fourth-order valence-electron chi connectivity index (χ4n) is 2.33. The molecule has 2 aromatic rings. The molecule has 1 aliphatic rings. The van der Waals surface area contributed by atoms with Crippen molar-refractivity contribution in [3.05, 3.63) is 23.6 Å². The lowest BCUT2D eigenvalue weighted by atomic mass is 9.79. The number of nitrogens with two attached hydrogens (primary N) is 1. The normalized spacial score (nSPS) is 20.3. The first kappa shape index (κ1) is 14.6. The quantitative estimate of drug-likeness (QED) is 0.765. The molecular weight excluding hydrogens is 306 g/mol. The summed E-state index contributed by atoms with van der Waals surface area (Å²) in [5.74, 6) is 0.400. The summed E-state index contributed by atoms with van der Waals surface area (Å²) in [7, 11) is 1.82. The zero-order valence-electron chi connectivity index (χ0n) is 12.0. The van der Waals surface area contributed by atoms with Crippen LogP contribution in [-0.2, 0) is 11.8 Å². The van der Waals surface area contributed by atoms with Gasteiger partial charge >= 0.3 is 0 Å². The van der Waals surface area contributed by atoms with Crippen molar-refractivity contribution in [2.75, 3.05) is 10.6 Å². The summed E-state index contributed by atoms with van der Waals surface area (Å²) in [6, 6.07) is -0.0314. The van der Waals surface area contributed by atoms with E-state index in [0.717, 1.165) is 18.5 Å². The number of amides is 1. The van der Waals surface area contributed by atoms with Gasteiger partial charge < -0.3 is 16.4 Å². The van der Waals surface area contributed by atoms with Gasteiger partial charge in [-0.1, -0.05) is 11.6 Å². The molecule has 1 saturated carbocycles. The maximum absolute atomic E-state index is 11.3. The lowest BCUT2D eigenvalue weighted by Gasteiger charge is -2.35. The Balaban J connectivity index is 1.74. The minimum Gasteiger partial charge on any atom is -0.369 e. The van der Waals surface area contributed by atoms with Gasteiger partial charge in [-0.3, -0.25) is 9.48 Å². The Hall–Kier alpha value is -2.35. The van der Waals surface area contributed by atoms with Crippen LogP contribution in [0.15, 0.2) is 18.6 Å². The number of nitrogens with zero attached hydrogens (tertiary/aromatic N) is 4. The minimum atomic E-state index is -0.303. The summed E-state index contributed by atoms with van der Waals surface area (Å²) >= 11 is 6.11. The van der Waals surface area contributed by atoms with Crippen LogP contribution in [-0.4, -0.2) is 31.7 Å². The highest BCUT2D eigenvalue weighted by Gasteiger charge is 2.35. The molecule has 2 atom stereocenters. The molecule has 0 aliphatic heterocycles. The molecule has 3 rings (SSSR count). The van der Waals surface area contributed by atoms with Crippen molar-refractivity contribution in [3.8, 4) is 0 Å². The molecule has 0 spiro atoms. The molecule has 2 heterocycles. The molecule has 0 radical (unpaired) electrons. The molecular formula is C13H16ClN7O. The maximum Gasteiger partial charge on any atom is 0.229 e. The predicted molar refractivity (Wildman–Crippen MR) is 82.9 cm³/mol. The van der Waals surface area contributed by atoms with E-state index in [2.05, 4.69) is 25.7 Å². The number of aromatic nitrogens is 4. The summed E-state index contributed by atoms with van der Waals surface area (Å²) in [4.78, 5) is 19.7. The highest BCUT2D eigenvalue weighted by atomic mass is 35.5. The Morgan fingerprint density at radius 2 is 2.27 bits per heavy atom. The van der Waals surface area contributed by atoms with Crippen molar-refractivity contribution >= 4 is 35.0 Å². The summed E-state index contributed by atoms with van der Waals surface area (Å²) in [5.41, 5.74) is 6.12. The molecule has 8 nitrogen and oxygen atoms in total. The molecule has 0 bridgehead atoms. The van der Waals surface area contributed by atoms with E-state index in [9.17, 15) is 4.79 Å². The van der Waals surface area contributed by atoms with Crippen LogP contribution in [0, 0.1) is 5.92 Å². The highest BCUT2D eigenvalue weighted by Crippen LogP contribution is 2.32. The van der Waals surface area contributed by atoms with E-state index in [1.165, 1.54) is 6.20 Å². The van der Waals surface area contributed by atoms with Crippen LogP contribution >= 0.6 is 11.6 Å². The smallest absolute Gasteiger partial charge is 0.229 e. The lowest BCUT2D eigenvalue weighted by molar-refractivity contribution is -0.124. The maximum atomic E-state index is 11.3. The number of hydrogen-bond acceptors (Lipinski definition) is 6. The third kappa shape index (κ3) is 2.96. The number of rotatable bonds is 5. The Morgan fingerprint density at radius 3 is 2.86 bits per heavy atom. The van der Waals surface area contributed by atoms with Crippen molar-refractivity contribution < 1.29 is 4.79 Å². The van der Waals surface area contributed by atoms with Crippen molar-refractivity contribution in [1.29, 1.82) is 0 Å². The van der Waals surface area contributed by atoms with E-state index in [-0.39, 0.29) is 17.9 Å². The molecule has 2 aromatic heterocycles. The largest absolute Gasteiger partial charge is 0.369 e. The number of primary amides is 1. The fraction of sp³-hybridized carbons (Fsp3) is 0.385. The summed E-state index contributed by atoms with van der Waals surface area (Å²) in [6.45, 7) is 0. The first-order chi connectivity index (χ1) is 10.5. The van der Waals surface area contributed by atoms with Gasteiger partial charge in [-0.05, 0) is 12.8 Å². The Morgan fingerprint density at radius 1 is 1.45 bits per heavy atom. The van der Waals surface area contributed by atoms with Crippen LogP contribution in [0.25, 0.3) is 0 Å². The van der Waals surface area contributed by atoms with E-state index in [1.807, 2.05) is 7.05 Å². The van der Waals surface area contributed by atoms with Crippen LogP contribution in [0.4, 0.5) is 17.5 Å². The monoisotopic (exact) mass is 321 g/mol. The van der Waals surface area contributed by atoms with E-state index < -0.39 is 0 Å². The molecule has 0 unspecified atom stereocenters. The molecule has 0 aromatic carbocycles. The van der Waals surface area contributed by atoms with Gasteiger partial charge in [-0.15, -0.1) is 0 Å². The number of hydrogen-bond donors (Lipinski definition) is 3. The van der Waals surface area contributed by atoms with E-state index >= 15 is 0 Å². The number of carbonyl (C=O) groups is 1. The van der Waals surface area contributed by atoms with Crippen LogP contribution in [0.3, 0.4) is 0 Å². The predicted octanol–water partition coefficient (Wildman–Crippen LogP) is 1.28. The van der Waals surface area contributed by atoms with Crippen molar-refractivity contribution in [1.82, 2.24) is 19.7 Å². The van der Waals surface area contributed by atoms with Gasteiger partial charge in [-0.2, -0.15) is 10.1 Å². The molecule has 1 aliphatic carbocycles. The van der Waals surface area contributed by atoms with Crippen molar-refractivity contribution in [2.24, 2.45) is 18.7 Å². The van der Waals surface area contributed by atoms with Gasteiger partial charge in [0.1, 0.15) is 5.02 Å². The molecule has 22 heavy (non-hydrogen) atoms. The van der Waals surface area contributed by atoms with Crippen molar-refractivity contribution in [2.45, 2.75) is 18.9 Å². The zero-order chi connectivity index (χ0) is 15.7. The molecule has 116 valence electrons. The van der Waals surface area contributed by atoms with Crippen LogP contribution in [0.5, 0.6) is 0 Å². The van der Waals surface area contributed by atoms with Gasteiger partial charge in [0.15, 0.2) is 5.82 Å². The Bertz CT molecular complexity index is 701. The molecule has 4 N–H and O–H groups in total. The molecule has 0 saturated heterocycles. The highest BCUT2D eigenvalue weighted by molar-refractivity contribution is 6.32. The second kappa shape index (κ2) is 5.80. The Labute approximate surface area is 132 Å². The van der Waals surface area contributed by atoms with E-state index in [0.29, 0.717) is 16.8 Å². The fourth-order valence-corrected chi connectivity index (χ4v) is 2.48. The van der Waals surface area contributed by atoms with Gasteiger partial charge in [0.05, 0.1) is 24.0 Å². The third-order valence-electron chi connectivity index (χ3n) is 3.67. The topological polar surface area (TPSA) is 111 Å². The van der Waals surface area contributed by atoms with Gasteiger partial charge in [0, 0.05) is 19.3 Å². The summed E-state index contributed by atoms with van der Waals surface area (Å²) in [6.07, 6.45) is 6.63. The van der Waals surface area contributed by atoms with Crippen LogP contribution < -0.4 is 16.4 Å². The number of aryl methyl sites for hydroxylation is 1. The first-order valence-corrected chi connectivity index (χ1v) is 7.25. The molecule has 1 fully saturated rings. The van der Waals surface area contributed by atoms with E-state index in [4.69, 9.17) is 17.3 Å². The standard InChI is InChI=1S/C13H16ClN7O/c1-21-6-7(4-17-21)18-13-16-5-9(14)12(20-13)19-10-3-2-8(10)11(15)22/h4-6,8,10H,2-3H2,1H3,(H2,15,22)(H2,16,18,19,20)/t8-,10+/m0/s1. The summed E-state index contributed by atoms with van der Waals surface area (Å²) in [5, 5.41) is 10.7. The van der Waals surface area contributed by atoms with Gasteiger partial charge in [-0.25, -0.2) is 4.98 Å². The second-order valence-corrected chi connectivity index (χ2v) is 5.66. The number of halogens is 1. The van der Waals surface area contributed by atoms with Crippen molar-refractivity contribution in [3.63, 3.8) is 0 Å². The van der Waals surface area contributed by atoms with Gasteiger partial charge in [0.2, 0.25) is 11.9 Å². The average Bonchev–Trinajstić information content (AvgIpc) is 2.82. The SMILES string of the molecule is Cn1cc(Nc2ncc(Cl)c(N[C@@H]3CC[C@@H]3C(N)=O)n2)cn1. The van der Waals surface area contributed by atoms with Crippen LogP contribution in [0.1, 0.15) is 12.8 Å². The zero-order valence-corrected chi connectivity index (χ0v) is 12.7. The van der Waals surface area contributed by atoms with Crippen LogP contribution in [0.2, 0.25) is 5.02 Å². The summed E-state index contributed by atoms with van der Waals surface area (Å²) < 4.78 is 1.67. The molecule has 1 amide bonds. The van der Waals surface area contributed by atoms with E-state index in [1.54, 1.807) is 17.1 Å².